The standard InChI is InChI=1S/C26H29N3O8S2/c1-4-36-21(31)11-13-39-25-22(27-20(30)14-19-6-5-12-38-19)24(32)28(25)23(16(2)3)26(33)37-15-17-7-9-18(10-8-17)29(34)35/h5-10,12,22,25H,4,11,13-15H2,1-3H3,(H,27,30). The number of non-ortho nitro benzene ring substituents is 1. The van der Waals surface area contributed by atoms with E-state index in [4.69, 9.17) is 9.47 Å². The van der Waals surface area contributed by atoms with Crippen LogP contribution in [-0.2, 0) is 41.7 Å². The number of thiophene rings is 1. The summed E-state index contributed by atoms with van der Waals surface area (Å²) in [5.74, 6) is -1.62. The third-order valence-electron chi connectivity index (χ3n) is 5.60. The molecule has 1 aromatic carbocycles. The predicted molar refractivity (Wildman–Crippen MR) is 146 cm³/mol. The summed E-state index contributed by atoms with van der Waals surface area (Å²) in [5.41, 5.74) is 1.02. The number of benzene rings is 1. The van der Waals surface area contributed by atoms with Gasteiger partial charge in [0.1, 0.15) is 23.7 Å². The van der Waals surface area contributed by atoms with Crippen LogP contribution in [0, 0.1) is 10.1 Å². The zero-order valence-corrected chi connectivity index (χ0v) is 23.3. The van der Waals surface area contributed by atoms with Crippen molar-refractivity contribution in [2.24, 2.45) is 0 Å². The molecule has 0 aliphatic carbocycles. The maximum Gasteiger partial charge on any atom is 0.355 e. The molecule has 2 heterocycles. The van der Waals surface area contributed by atoms with E-state index in [1.54, 1.807) is 20.8 Å². The lowest BCUT2D eigenvalue weighted by Gasteiger charge is -2.47. The first-order valence-corrected chi connectivity index (χ1v) is 14.0. The molecule has 2 atom stereocenters. The Bertz CT molecular complexity index is 1240. The molecule has 0 saturated carbocycles. The van der Waals surface area contributed by atoms with E-state index < -0.39 is 28.2 Å². The van der Waals surface area contributed by atoms with Gasteiger partial charge in [0.2, 0.25) is 5.91 Å². The first-order chi connectivity index (χ1) is 18.6. The highest BCUT2D eigenvalue weighted by Crippen LogP contribution is 2.36. The van der Waals surface area contributed by atoms with Crippen molar-refractivity contribution in [3.8, 4) is 0 Å². The Morgan fingerprint density at radius 1 is 1.15 bits per heavy atom. The van der Waals surface area contributed by atoms with Crippen LogP contribution in [0.4, 0.5) is 5.69 Å². The number of nitro groups is 1. The van der Waals surface area contributed by atoms with E-state index >= 15 is 0 Å². The van der Waals surface area contributed by atoms with Crippen molar-refractivity contribution in [1.29, 1.82) is 0 Å². The zero-order chi connectivity index (χ0) is 28.5. The number of nitrogens with zero attached hydrogens (tertiary/aromatic N) is 2. The van der Waals surface area contributed by atoms with Crippen LogP contribution in [0.15, 0.2) is 53.0 Å². The summed E-state index contributed by atoms with van der Waals surface area (Å²) < 4.78 is 10.4. The van der Waals surface area contributed by atoms with E-state index in [1.165, 1.54) is 52.3 Å². The van der Waals surface area contributed by atoms with Gasteiger partial charge in [-0.25, -0.2) is 4.79 Å². The molecule has 2 unspecified atom stereocenters. The number of likely N-dealkylation sites (tertiary alicyclic amines) is 1. The molecule has 0 bridgehead atoms. The van der Waals surface area contributed by atoms with E-state index in [0.717, 1.165) is 4.88 Å². The van der Waals surface area contributed by atoms with Gasteiger partial charge in [-0.15, -0.1) is 23.1 Å². The molecule has 1 N–H and O–H groups in total. The molecule has 2 aromatic rings. The SMILES string of the molecule is CCOC(=O)CCSC1C(NC(=O)Cc2cccs2)C(=O)N1C(C(=O)OCc1ccc([N+](=O)[O-])cc1)=C(C)C. The van der Waals surface area contributed by atoms with Crippen LogP contribution < -0.4 is 5.32 Å². The number of carbonyl (C=O) groups excluding carboxylic acids is 4. The molecule has 1 saturated heterocycles. The molecule has 2 amide bonds. The number of ether oxygens (including phenoxy) is 2. The lowest BCUT2D eigenvalue weighted by molar-refractivity contribution is -0.384. The van der Waals surface area contributed by atoms with Crippen molar-refractivity contribution in [3.05, 3.63) is 73.6 Å². The highest BCUT2D eigenvalue weighted by atomic mass is 32.2. The number of allylic oxidation sites excluding steroid dienone is 1. The van der Waals surface area contributed by atoms with E-state index in [1.807, 2.05) is 17.5 Å². The normalized spacial score (nSPS) is 16.2. The van der Waals surface area contributed by atoms with E-state index in [2.05, 4.69) is 5.32 Å². The average Bonchev–Trinajstić information content (AvgIpc) is 3.40. The summed E-state index contributed by atoms with van der Waals surface area (Å²) in [6.45, 7) is 5.14. The second kappa shape index (κ2) is 13.9. The fraction of sp³-hybridized carbons (Fsp3) is 0.385. The number of hydrogen-bond acceptors (Lipinski definition) is 10. The van der Waals surface area contributed by atoms with Gasteiger partial charge < -0.3 is 14.8 Å². The topological polar surface area (TPSA) is 145 Å². The molecule has 1 fully saturated rings. The number of rotatable bonds is 13. The first-order valence-electron chi connectivity index (χ1n) is 12.1. The van der Waals surface area contributed by atoms with E-state index in [-0.39, 0.29) is 49.3 Å². The lowest BCUT2D eigenvalue weighted by Crippen LogP contribution is -2.69. The molecular weight excluding hydrogens is 546 g/mol. The number of amides is 2. The van der Waals surface area contributed by atoms with Crippen molar-refractivity contribution in [1.82, 2.24) is 10.2 Å². The van der Waals surface area contributed by atoms with Gasteiger partial charge in [-0.1, -0.05) is 6.07 Å². The summed E-state index contributed by atoms with van der Waals surface area (Å²) in [7, 11) is 0. The number of hydrogen-bond donors (Lipinski definition) is 1. The maximum absolute atomic E-state index is 13.2. The number of β-lactam (4-membered cyclic amide) rings is 1. The Morgan fingerprint density at radius 3 is 2.46 bits per heavy atom. The molecule has 0 spiro atoms. The average molecular weight is 576 g/mol. The van der Waals surface area contributed by atoms with Crippen molar-refractivity contribution in [2.75, 3.05) is 12.4 Å². The fourth-order valence-corrected chi connectivity index (χ4v) is 5.74. The van der Waals surface area contributed by atoms with Gasteiger partial charge in [0, 0.05) is 22.8 Å². The minimum atomic E-state index is -0.888. The number of esters is 2. The number of thioether (sulfide) groups is 1. The summed E-state index contributed by atoms with van der Waals surface area (Å²) in [6, 6.07) is 8.35. The molecule has 208 valence electrons. The van der Waals surface area contributed by atoms with Crippen LogP contribution in [0.25, 0.3) is 0 Å². The molecule has 1 aliphatic rings. The first kappa shape index (κ1) is 29.8. The molecule has 1 aliphatic heterocycles. The van der Waals surface area contributed by atoms with Crippen LogP contribution in [0.2, 0.25) is 0 Å². The van der Waals surface area contributed by atoms with E-state index in [9.17, 15) is 29.3 Å². The second-order valence-corrected chi connectivity index (χ2v) is 10.9. The summed E-state index contributed by atoms with van der Waals surface area (Å²) >= 11 is 2.69. The Morgan fingerprint density at radius 2 is 1.87 bits per heavy atom. The van der Waals surface area contributed by atoms with Gasteiger partial charge >= 0.3 is 11.9 Å². The summed E-state index contributed by atoms with van der Waals surface area (Å²) in [5, 5.41) is 14.8. The van der Waals surface area contributed by atoms with Crippen LogP contribution in [0.5, 0.6) is 0 Å². The minimum absolute atomic E-state index is 0.0410. The van der Waals surface area contributed by atoms with Gasteiger partial charge in [-0.3, -0.25) is 29.4 Å². The third-order valence-corrected chi connectivity index (χ3v) is 7.74. The van der Waals surface area contributed by atoms with E-state index in [0.29, 0.717) is 16.9 Å². The summed E-state index contributed by atoms with van der Waals surface area (Å²) in [4.78, 5) is 63.3. The smallest absolute Gasteiger partial charge is 0.355 e. The Kier molecular flexibility index (Phi) is 10.6. The quantitative estimate of drug-likeness (QED) is 0.125. The zero-order valence-electron chi connectivity index (χ0n) is 21.7. The third kappa shape index (κ3) is 7.90. The number of carbonyl (C=O) groups is 4. The van der Waals surface area contributed by atoms with Crippen molar-refractivity contribution in [2.45, 2.75) is 51.6 Å². The van der Waals surface area contributed by atoms with Gasteiger partial charge in [0.05, 0.1) is 24.4 Å². The second-order valence-electron chi connectivity index (χ2n) is 8.67. The predicted octanol–water partition coefficient (Wildman–Crippen LogP) is 3.58. The molecule has 39 heavy (non-hydrogen) atoms. The molecule has 13 heteroatoms. The minimum Gasteiger partial charge on any atom is -0.466 e. The lowest BCUT2D eigenvalue weighted by atomic mass is 10.0. The Labute approximate surface area is 233 Å². The number of nitrogens with one attached hydrogen (secondary N) is 1. The van der Waals surface area contributed by atoms with Gasteiger partial charge in [0.15, 0.2) is 0 Å². The highest BCUT2D eigenvalue weighted by Gasteiger charge is 2.52. The fourth-order valence-electron chi connectivity index (χ4n) is 3.77. The maximum atomic E-state index is 13.2. The van der Waals surface area contributed by atoms with Gasteiger partial charge in [-0.2, -0.15) is 0 Å². The van der Waals surface area contributed by atoms with Crippen molar-refractivity contribution >= 4 is 52.5 Å². The monoisotopic (exact) mass is 575 g/mol. The molecule has 11 nitrogen and oxygen atoms in total. The molecule has 1 aromatic heterocycles. The van der Waals surface area contributed by atoms with Crippen molar-refractivity contribution in [3.63, 3.8) is 0 Å². The van der Waals surface area contributed by atoms with Crippen LogP contribution >= 0.6 is 23.1 Å². The largest absolute Gasteiger partial charge is 0.466 e. The van der Waals surface area contributed by atoms with Crippen molar-refractivity contribution < 1.29 is 33.6 Å². The van der Waals surface area contributed by atoms with Gasteiger partial charge in [-0.05, 0) is 55.5 Å². The Hall–Kier alpha value is -3.71. The number of nitro benzene ring substituents is 1. The van der Waals surface area contributed by atoms with Crippen LogP contribution in [-0.4, -0.2) is 57.4 Å². The molecule has 0 radical (unpaired) electrons. The molecule has 3 rings (SSSR count). The Balaban J connectivity index is 1.72. The summed E-state index contributed by atoms with van der Waals surface area (Å²) in [6.07, 6.45) is 0.218. The van der Waals surface area contributed by atoms with Crippen LogP contribution in [0.3, 0.4) is 0 Å². The van der Waals surface area contributed by atoms with Crippen LogP contribution in [0.1, 0.15) is 37.6 Å². The highest BCUT2D eigenvalue weighted by molar-refractivity contribution is 8.00. The van der Waals surface area contributed by atoms with Gasteiger partial charge in [0.25, 0.3) is 11.6 Å². The molecular formula is C26H29N3O8S2.